The zero-order valence-corrected chi connectivity index (χ0v) is 17.3. The summed E-state index contributed by atoms with van der Waals surface area (Å²) in [7, 11) is 0. The number of rotatable bonds is 4. The van der Waals surface area contributed by atoms with Gasteiger partial charge in [0.05, 0.1) is 17.4 Å². The number of hydrogen-bond acceptors (Lipinski definition) is 5. The number of carbonyl (C=O) groups is 1. The molecule has 0 unspecified atom stereocenters. The van der Waals surface area contributed by atoms with Crippen LogP contribution in [0.3, 0.4) is 0 Å². The van der Waals surface area contributed by atoms with Crippen molar-refractivity contribution in [1.29, 1.82) is 0 Å². The van der Waals surface area contributed by atoms with E-state index in [0.29, 0.717) is 16.8 Å². The van der Waals surface area contributed by atoms with Gasteiger partial charge in [0.1, 0.15) is 23.5 Å². The van der Waals surface area contributed by atoms with E-state index in [2.05, 4.69) is 20.3 Å². The predicted molar refractivity (Wildman–Crippen MR) is 126 cm³/mol. The van der Waals surface area contributed by atoms with Gasteiger partial charge in [-0.2, -0.15) is 0 Å². The predicted octanol–water partition coefficient (Wildman–Crippen LogP) is 4.32. The van der Waals surface area contributed by atoms with Crippen LogP contribution < -0.4 is 10.9 Å². The van der Waals surface area contributed by atoms with Gasteiger partial charge in [-0.05, 0) is 48.5 Å². The lowest BCUT2D eigenvalue weighted by molar-refractivity contribution is -0.116. The van der Waals surface area contributed by atoms with E-state index in [1.807, 2.05) is 54.6 Å². The minimum Gasteiger partial charge on any atom is -0.448 e. The molecule has 0 aliphatic carbocycles. The molecule has 3 aromatic carbocycles. The number of amides is 1. The molecule has 8 nitrogen and oxygen atoms in total. The van der Waals surface area contributed by atoms with Crippen molar-refractivity contribution < 1.29 is 9.21 Å². The number of aromatic nitrogens is 4. The second kappa shape index (κ2) is 7.45. The Labute approximate surface area is 186 Å². The number of imidazole rings is 1. The number of nitrogens with one attached hydrogen (secondary N) is 2. The third-order valence-corrected chi connectivity index (χ3v) is 5.50. The highest BCUT2D eigenvalue weighted by atomic mass is 16.3. The Morgan fingerprint density at radius 2 is 1.79 bits per heavy atom. The van der Waals surface area contributed by atoms with Crippen LogP contribution in [-0.4, -0.2) is 25.4 Å². The second-order valence-electron chi connectivity index (χ2n) is 7.68. The highest BCUT2D eigenvalue weighted by Crippen LogP contribution is 2.24. The lowest BCUT2D eigenvalue weighted by Gasteiger charge is -2.07. The highest BCUT2D eigenvalue weighted by molar-refractivity contribution is 6.01. The summed E-state index contributed by atoms with van der Waals surface area (Å²) < 4.78 is 6.90. The van der Waals surface area contributed by atoms with Crippen LogP contribution in [0.15, 0.2) is 88.3 Å². The fourth-order valence-electron chi connectivity index (χ4n) is 3.88. The van der Waals surface area contributed by atoms with Crippen LogP contribution >= 0.6 is 0 Å². The van der Waals surface area contributed by atoms with Crippen LogP contribution in [0.2, 0.25) is 0 Å². The zero-order chi connectivity index (χ0) is 22.4. The molecule has 1 amide bonds. The maximum atomic E-state index is 12.8. The van der Waals surface area contributed by atoms with Crippen molar-refractivity contribution in [3.63, 3.8) is 0 Å². The number of furan rings is 1. The second-order valence-corrected chi connectivity index (χ2v) is 7.68. The Kier molecular flexibility index (Phi) is 4.29. The minimum atomic E-state index is -0.397. The van der Waals surface area contributed by atoms with Crippen LogP contribution in [0, 0.1) is 0 Å². The molecular weight excluding hydrogens is 418 g/mol. The first-order valence-corrected chi connectivity index (χ1v) is 10.4. The van der Waals surface area contributed by atoms with Gasteiger partial charge in [0.15, 0.2) is 0 Å². The van der Waals surface area contributed by atoms with Crippen molar-refractivity contribution in [3.8, 4) is 11.4 Å². The van der Waals surface area contributed by atoms with Gasteiger partial charge in [-0.3, -0.25) is 14.2 Å². The number of benzene rings is 3. The number of anilines is 1. The Balaban J connectivity index is 1.21. The molecule has 0 saturated heterocycles. The monoisotopic (exact) mass is 435 g/mol. The number of fused-ring (bicyclic) bond motifs is 4. The highest BCUT2D eigenvalue weighted by Gasteiger charge is 2.15. The molecule has 0 fully saturated rings. The zero-order valence-electron chi connectivity index (χ0n) is 17.3. The van der Waals surface area contributed by atoms with Crippen LogP contribution in [0.1, 0.15) is 0 Å². The van der Waals surface area contributed by atoms with Crippen LogP contribution in [0.25, 0.3) is 44.5 Å². The van der Waals surface area contributed by atoms with E-state index < -0.39 is 5.56 Å². The van der Waals surface area contributed by atoms with E-state index in [0.717, 1.165) is 27.8 Å². The SMILES string of the molecule is O=C(Cn1cnc2c(oc3ccccc32)c1=O)Nc1ccc(-c2nc3ccccc3[nH]2)cc1. The summed E-state index contributed by atoms with van der Waals surface area (Å²) in [5.41, 5.74) is 4.20. The molecular formula is C25H17N5O3. The molecule has 3 aromatic heterocycles. The van der Waals surface area contributed by atoms with Crippen LogP contribution in [0.5, 0.6) is 0 Å². The quantitative estimate of drug-likeness (QED) is 0.429. The van der Waals surface area contributed by atoms with Crippen LogP contribution in [-0.2, 0) is 11.3 Å². The van der Waals surface area contributed by atoms with Gasteiger partial charge >= 0.3 is 0 Å². The maximum absolute atomic E-state index is 12.8. The largest absolute Gasteiger partial charge is 0.448 e. The Morgan fingerprint density at radius 3 is 2.64 bits per heavy atom. The van der Waals surface area contributed by atoms with Gasteiger partial charge < -0.3 is 14.7 Å². The van der Waals surface area contributed by atoms with E-state index in [-0.39, 0.29) is 18.0 Å². The number of hydrogen-bond donors (Lipinski definition) is 2. The number of para-hydroxylation sites is 3. The van der Waals surface area contributed by atoms with E-state index in [9.17, 15) is 9.59 Å². The third-order valence-electron chi connectivity index (χ3n) is 5.50. The topological polar surface area (TPSA) is 106 Å². The molecule has 160 valence electrons. The van der Waals surface area contributed by atoms with Gasteiger partial charge in [0, 0.05) is 16.6 Å². The standard InChI is InChI=1S/C25H17N5O3/c31-21(13-30-14-26-22-17-5-1-4-8-20(17)33-23(22)25(30)32)27-16-11-9-15(10-12-16)24-28-18-6-2-3-7-19(18)29-24/h1-12,14H,13H2,(H,27,31)(H,28,29). The summed E-state index contributed by atoms with van der Waals surface area (Å²) in [5.74, 6) is 0.414. The molecule has 0 bridgehead atoms. The Hall–Kier alpha value is -4.72. The van der Waals surface area contributed by atoms with Gasteiger partial charge in [0.2, 0.25) is 11.5 Å². The third kappa shape index (κ3) is 3.34. The molecule has 33 heavy (non-hydrogen) atoms. The first kappa shape index (κ1) is 19.0. The molecule has 0 aliphatic rings. The van der Waals surface area contributed by atoms with Crippen molar-refractivity contribution in [2.45, 2.75) is 6.54 Å². The van der Waals surface area contributed by atoms with Gasteiger partial charge in [0.25, 0.3) is 5.56 Å². The molecule has 0 saturated carbocycles. The summed E-state index contributed by atoms with van der Waals surface area (Å²) in [4.78, 5) is 37.6. The lowest BCUT2D eigenvalue weighted by atomic mass is 10.2. The average molecular weight is 435 g/mol. The molecule has 2 N–H and O–H groups in total. The summed E-state index contributed by atoms with van der Waals surface area (Å²) in [5, 5.41) is 3.58. The first-order valence-electron chi connectivity index (χ1n) is 10.4. The number of nitrogens with zero attached hydrogens (tertiary/aromatic N) is 3. The van der Waals surface area contributed by atoms with Gasteiger partial charge in [-0.1, -0.05) is 24.3 Å². The summed E-state index contributed by atoms with van der Waals surface area (Å²) in [6.07, 6.45) is 1.37. The van der Waals surface area contributed by atoms with Crippen LogP contribution in [0.4, 0.5) is 5.69 Å². The molecule has 0 radical (unpaired) electrons. The summed E-state index contributed by atoms with van der Waals surface area (Å²) >= 11 is 0. The Morgan fingerprint density at radius 1 is 1.00 bits per heavy atom. The minimum absolute atomic E-state index is 0.140. The van der Waals surface area contributed by atoms with Crippen molar-refractivity contribution in [2.24, 2.45) is 0 Å². The molecule has 6 rings (SSSR count). The molecule has 0 spiro atoms. The normalized spacial score (nSPS) is 11.4. The first-order chi connectivity index (χ1) is 16.2. The fraction of sp³-hybridized carbons (Fsp3) is 0.0400. The number of carbonyl (C=O) groups excluding carboxylic acids is 1. The van der Waals surface area contributed by atoms with E-state index in [1.54, 1.807) is 18.2 Å². The van der Waals surface area contributed by atoms with Crippen molar-refractivity contribution in [2.75, 3.05) is 5.32 Å². The number of H-pyrrole nitrogens is 1. The molecule has 8 heteroatoms. The molecule has 6 aromatic rings. The number of aromatic amines is 1. The van der Waals surface area contributed by atoms with Gasteiger partial charge in [-0.25, -0.2) is 9.97 Å². The van der Waals surface area contributed by atoms with E-state index in [1.165, 1.54) is 10.9 Å². The summed E-state index contributed by atoms with van der Waals surface area (Å²) in [6.45, 7) is -0.176. The smallest absolute Gasteiger partial charge is 0.297 e. The van der Waals surface area contributed by atoms with Crippen molar-refractivity contribution >= 4 is 44.7 Å². The van der Waals surface area contributed by atoms with Crippen molar-refractivity contribution in [3.05, 3.63) is 89.5 Å². The summed E-state index contributed by atoms with van der Waals surface area (Å²) in [6, 6.07) is 22.5. The average Bonchev–Trinajstić information content (AvgIpc) is 3.43. The van der Waals surface area contributed by atoms with E-state index >= 15 is 0 Å². The van der Waals surface area contributed by atoms with E-state index in [4.69, 9.17) is 4.42 Å². The van der Waals surface area contributed by atoms with Crippen molar-refractivity contribution in [1.82, 2.24) is 19.5 Å². The molecule has 3 heterocycles. The fourth-order valence-corrected chi connectivity index (χ4v) is 3.88. The molecule has 0 atom stereocenters. The maximum Gasteiger partial charge on any atom is 0.297 e. The van der Waals surface area contributed by atoms with Gasteiger partial charge in [-0.15, -0.1) is 0 Å². The lowest BCUT2D eigenvalue weighted by Crippen LogP contribution is -2.27. The molecule has 0 aliphatic heterocycles. The Bertz CT molecular complexity index is 1680.